The van der Waals surface area contributed by atoms with E-state index in [1.807, 2.05) is 41.1 Å². The summed E-state index contributed by atoms with van der Waals surface area (Å²) in [4.78, 5) is 4.34. The first-order valence-electron chi connectivity index (χ1n) is 8.94. The van der Waals surface area contributed by atoms with E-state index in [4.69, 9.17) is 9.84 Å². The Kier molecular flexibility index (Phi) is 4.44. The van der Waals surface area contributed by atoms with Gasteiger partial charge in [0.25, 0.3) is 0 Å². The van der Waals surface area contributed by atoms with Crippen LogP contribution in [0.15, 0.2) is 42.6 Å². The number of aromatic nitrogens is 3. The monoisotopic (exact) mass is 347 g/mol. The summed E-state index contributed by atoms with van der Waals surface area (Å²) >= 11 is 0. The summed E-state index contributed by atoms with van der Waals surface area (Å²) in [6, 6.07) is 14.4. The van der Waals surface area contributed by atoms with E-state index < -0.39 is 0 Å². The molecule has 0 spiro atoms. The number of nitriles is 1. The molecule has 1 aliphatic rings. The Balaban J connectivity index is 1.85. The molecular formula is C20H21N5O. The van der Waals surface area contributed by atoms with Crippen LogP contribution in [0.1, 0.15) is 31.7 Å². The maximum absolute atomic E-state index is 9.59. The normalized spacial score (nSPS) is 19.8. The van der Waals surface area contributed by atoms with E-state index >= 15 is 0 Å². The molecule has 0 bridgehead atoms. The number of nitrogens with one attached hydrogen (secondary N) is 1. The molecule has 2 aromatic heterocycles. The standard InChI is InChI=1S/C20H21N5O/c1-26-20-18-17(11-12-22-20)25(16-10-6-5-7-14(16)13-21)24-19(18)23-15-8-3-2-4-9-15/h2-4,8-9,11-12,14,16H,5-7,10H2,1H3,(H,23,24). The van der Waals surface area contributed by atoms with Crippen molar-refractivity contribution in [1.82, 2.24) is 14.8 Å². The second-order valence-corrected chi connectivity index (χ2v) is 6.59. The number of rotatable bonds is 4. The Labute approximate surface area is 152 Å². The molecule has 2 heterocycles. The van der Waals surface area contributed by atoms with Gasteiger partial charge in [0.05, 0.1) is 30.7 Å². The van der Waals surface area contributed by atoms with Crippen LogP contribution in [0.25, 0.3) is 10.9 Å². The zero-order chi connectivity index (χ0) is 17.9. The number of pyridine rings is 1. The predicted octanol–water partition coefficient (Wildman–Crippen LogP) is 4.44. The van der Waals surface area contributed by atoms with Crippen molar-refractivity contribution >= 4 is 22.4 Å². The molecule has 1 aromatic carbocycles. The number of hydrogen-bond donors (Lipinski definition) is 1. The molecule has 0 saturated heterocycles. The number of benzene rings is 1. The fraction of sp³-hybridized carbons (Fsp3) is 0.350. The second-order valence-electron chi connectivity index (χ2n) is 6.59. The summed E-state index contributed by atoms with van der Waals surface area (Å²) in [5, 5.41) is 18.7. The summed E-state index contributed by atoms with van der Waals surface area (Å²) < 4.78 is 7.49. The number of ether oxygens (including phenoxy) is 1. The summed E-state index contributed by atoms with van der Waals surface area (Å²) in [7, 11) is 1.62. The molecule has 1 N–H and O–H groups in total. The average Bonchev–Trinajstić information content (AvgIpc) is 3.07. The molecule has 4 rings (SSSR count). The predicted molar refractivity (Wildman–Crippen MR) is 100 cm³/mol. The van der Waals surface area contributed by atoms with Crippen molar-refractivity contribution in [2.24, 2.45) is 5.92 Å². The van der Waals surface area contributed by atoms with Crippen LogP contribution in [-0.2, 0) is 0 Å². The maximum atomic E-state index is 9.59. The van der Waals surface area contributed by atoms with Gasteiger partial charge in [0.2, 0.25) is 5.88 Å². The zero-order valence-corrected chi connectivity index (χ0v) is 14.7. The highest BCUT2D eigenvalue weighted by molar-refractivity contribution is 5.95. The van der Waals surface area contributed by atoms with E-state index in [9.17, 15) is 5.26 Å². The molecule has 1 aliphatic carbocycles. The Bertz CT molecular complexity index is 944. The van der Waals surface area contributed by atoms with Crippen molar-refractivity contribution in [3.05, 3.63) is 42.6 Å². The lowest BCUT2D eigenvalue weighted by molar-refractivity contribution is 0.277. The van der Waals surface area contributed by atoms with Crippen LogP contribution in [0.4, 0.5) is 11.5 Å². The van der Waals surface area contributed by atoms with Crippen molar-refractivity contribution in [2.45, 2.75) is 31.7 Å². The van der Waals surface area contributed by atoms with Gasteiger partial charge in [-0.2, -0.15) is 10.4 Å². The van der Waals surface area contributed by atoms with Gasteiger partial charge >= 0.3 is 0 Å². The lowest BCUT2D eigenvalue weighted by atomic mass is 9.85. The zero-order valence-electron chi connectivity index (χ0n) is 14.7. The smallest absolute Gasteiger partial charge is 0.226 e. The first kappa shape index (κ1) is 16.4. The van der Waals surface area contributed by atoms with E-state index in [1.165, 1.54) is 0 Å². The fourth-order valence-electron chi connectivity index (χ4n) is 3.77. The van der Waals surface area contributed by atoms with Crippen molar-refractivity contribution in [1.29, 1.82) is 5.26 Å². The highest BCUT2D eigenvalue weighted by Crippen LogP contribution is 2.39. The first-order chi connectivity index (χ1) is 12.8. The quantitative estimate of drug-likeness (QED) is 0.755. The van der Waals surface area contributed by atoms with Crippen LogP contribution in [0.3, 0.4) is 0 Å². The van der Waals surface area contributed by atoms with Crippen LogP contribution in [-0.4, -0.2) is 21.9 Å². The topological polar surface area (TPSA) is 75.8 Å². The molecule has 3 aromatic rings. The average molecular weight is 347 g/mol. The summed E-state index contributed by atoms with van der Waals surface area (Å²) in [6.45, 7) is 0. The van der Waals surface area contributed by atoms with Crippen LogP contribution in [0.2, 0.25) is 0 Å². The lowest BCUT2D eigenvalue weighted by Crippen LogP contribution is -2.23. The SMILES string of the molecule is COc1nccc2c1c(Nc1ccccc1)nn2C1CCCCC1C#N. The molecule has 0 radical (unpaired) electrons. The van der Waals surface area contributed by atoms with Gasteiger partial charge < -0.3 is 10.1 Å². The Morgan fingerprint density at radius 3 is 2.77 bits per heavy atom. The Morgan fingerprint density at radius 2 is 2.00 bits per heavy atom. The summed E-state index contributed by atoms with van der Waals surface area (Å²) in [5.74, 6) is 1.23. The van der Waals surface area contributed by atoms with Gasteiger partial charge in [0.15, 0.2) is 5.82 Å². The van der Waals surface area contributed by atoms with Crippen LogP contribution < -0.4 is 10.1 Å². The molecule has 1 saturated carbocycles. The molecule has 6 nitrogen and oxygen atoms in total. The van der Waals surface area contributed by atoms with Gasteiger partial charge in [-0.1, -0.05) is 31.0 Å². The van der Waals surface area contributed by atoms with Crippen molar-refractivity contribution in [3.63, 3.8) is 0 Å². The van der Waals surface area contributed by atoms with Crippen LogP contribution >= 0.6 is 0 Å². The molecule has 0 amide bonds. The molecular weight excluding hydrogens is 326 g/mol. The molecule has 6 heteroatoms. The van der Waals surface area contributed by atoms with E-state index in [0.717, 1.165) is 42.3 Å². The Hall–Kier alpha value is -3.07. The first-order valence-corrected chi connectivity index (χ1v) is 8.94. The molecule has 1 fully saturated rings. The molecule has 0 aliphatic heterocycles. The van der Waals surface area contributed by atoms with Gasteiger partial charge in [-0.15, -0.1) is 0 Å². The minimum atomic E-state index is -0.0180. The van der Waals surface area contributed by atoms with Gasteiger partial charge in [0, 0.05) is 11.9 Å². The third-order valence-corrected chi connectivity index (χ3v) is 5.02. The minimum Gasteiger partial charge on any atom is -0.480 e. The summed E-state index contributed by atoms with van der Waals surface area (Å²) in [5.41, 5.74) is 1.90. The van der Waals surface area contributed by atoms with E-state index in [0.29, 0.717) is 11.7 Å². The number of anilines is 2. The number of fused-ring (bicyclic) bond motifs is 1. The van der Waals surface area contributed by atoms with E-state index in [2.05, 4.69) is 16.4 Å². The van der Waals surface area contributed by atoms with Crippen molar-refractivity contribution < 1.29 is 4.74 Å². The van der Waals surface area contributed by atoms with Crippen LogP contribution in [0.5, 0.6) is 5.88 Å². The van der Waals surface area contributed by atoms with E-state index in [-0.39, 0.29) is 12.0 Å². The number of para-hydroxylation sites is 1. The fourth-order valence-corrected chi connectivity index (χ4v) is 3.77. The molecule has 132 valence electrons. The molecule has 2 unspecified atom stereocenters. The van der Waals surface area contributed by atoms with Crippen molar-refractivity contribution in [2.75, 3.05) is 12.4 Å². The largest absolute Gasteiger partial charge is 0.480 e. The Morgan fingerprint density at radius 1 is 1.19 bits per heavy atom. The maximum Gasteiger partial charge on any atom is 0.226 e. The number of hydrogen-bond acceptors (Lipinski definition) is 5. The van der Waals surface area contributed by atoms with Gasteiger partial charge in [0.1, 0.15) is 5.39 Å². The number of nitrogens with zero attached hydrogens (tertiary/aromatic N) is 4. The van der Waals surface area contributed by atoms with Gasteiger partial charge in [-0.25, -0.2) is 4.98 Å². The van der Waals surface area contributed by atoms with E-state index in [1.54, 1.807) is 13.3 Å². The minimum absolute atomic E-state index is 0.0180. The molecule has 26 heavy (non-hydrogen) atoms. The third kappa shape index (κ3) is 2.86. The van der Waals surface area contributed by atoms with Crippen molar-refractivity contribution in [3.8, 4) is 11.9 Å². The van der Waals surface area contributed by atoms with Crippen LogP contribution in [0, 0.1) is 17.2 Å². The highest BCUT2D eigenvalue weighted by Gasteiger charge is 2.30. The van der Waals surface area contributed by atoms with Gasteiger partial charge in [-0.05, 0) is 31.0 Å². The third-order valence-electron chi connectivity index (χ3n) is 5.02. The van der Waals surface area contributed by atoms with Gasteiger partial charge in [-0.3, -0.25) is 4.68 Å². The number of methoxy groups -OCH3 is 1. The molecule has 2 atom stereocenters. The highest BCUT2D eigenvalue weighted by atomic mass is 16.5. The second kappa shape index (κ2) is 7.04. The lowest BCUT2D eigenvalue weighted by Gasteiger charge is -2.27. The summed E-state index contributed by atoms with van der Waals surface area (Å²) in [6.07, 6.45) is 5.84.